The van der Waals surface area contributed by atoms with Crippen molar-refractivity contribution in [2.24, 2.45) is 5.73 Å². The van der Waals surface area contributed by atoms with Crippen molar-refractivity contribution in [1.29, 1.82) is 0 Å². The van der Waals surface area contributed by atoms with Gasteiger partial charge in [-0.15, -0.1) is 0 Å². The van der Waals surface area contributed by atoms with Crippen LogP contribution in [0.1, 0.15) is 37.8 Å². The van der Waals surface area contributed by atoms with Gasteiger partial charge < -0.3 is 10.5 Å². The second-order valence-electron chi connectivity index (χ2n) is 5.08. The normalized spacial score (nSPS) is 13.8. The van der Waals surface area contributed by atoms with Crippen molar-refractivity contribution in [3.05, 3.63) is 35.4 Å². The Hall–Kier alpha value is -0.860. The predicted octanol–water partition coefficient (Wildman–Crippen LogP) is 2.67. The number of benzene rings is 1. The van der Waals surface area contributed by atoms with Gasteiger partial charge in [-0.2, -0.15) is 0 Å². The van der Waals surface area contributed by atoms with Crippen LogP contribution in [0.4, 0.5) is 0 Å². The van der Waals surface area contributed by atoms with Crippen LogP contribution in [-0.4, -0.2) is 20.3 Å². The minimum Gasteiger partial charge on any atom is -0.384 e. The maximum atomic E-state index is 5.70. The lowest BCUT2D eigenvalue weighted by molar-refractivity contribution is 0.146. The Morgan fingerprint density at radius 2 is 2.06 bits per heavy atom. The highest BCUT2D eigenvalue weighted by Gasteiger charge is 2.20. The Morgan fingerprint density at radius 1 is 1.38 bits per heavy atom. The molecule has 0 heterocycles. The molecule has 0 saturated heterocycles. The van der Waals surface area contributed by atoms with Crippen LogP contribution in [0.2, 0.25) is 0 Å². The van der Waals surface area contributed by atoms with Crippen LogP contribution in [0, 0.1) is 0 Å². The average molecular weight is 221 g/mol. The molecule has 90 valence electrons. The zero-order valence-corrected chi connectivity index (χ0v) is 10.8. The van der Waals surface area contributed by atoms with Crippen molar-refractivity contribution >= 4 is 0 Å². The fraction of sp³-hybridized carbons (Fsp3) is 0.571. The van der Waals surface area contributed by atoms with Gasteiger partial charge in [0.1, 0.15) is 0 Å². The van der Waals surface area contributed by atoms with Crippen LogP contribution in [-0.2, 0) is 10.2 Å². The van der Waals surface area contributed by atoms with Gasteiger partial charge in [0, 0.05) is 12.5 Å². The second-order valence-corrected chi connectivity index (χ2v) is 5.08. The highest BCUT2D eigenvalue weighted by atomic mass is 16.5. The van der Waals surface area contributed by atoms with Gasteiger partial charge in [0.15, 0.2) is 0 Å². The molecule has 0 aliphatic heterocycles. The van der Waals surface area contributed by atoms with Crippen molar-refractivity contribution in [2.75, 3.05) is 20.3 Å². The molecule has 0 fully saturated rings. The Kier molecular flexibility index (Phi) is 4.51. The Morgan fingerprint density at radius 3 is 2.62 bits per heavy atom. The average Bonchev–Trinajstić information content (AvgIpc) is 2.28. The molecule has 0 saturated carbocycles. The summed E-state index contributed by atoms with van der Waals surface area (Å²) in [5.41, 5.74) is 8.37. The summed E-state index contributed by atoms with van der Waals surface area (Å²) < 4.78 is 5.26. The van der Waals surface area contributed by atoms with Crippen molar-refractivity contribution in [2.45, 2.75) is 32.1 Å². The molecule has 0 bridgehead atoms. The van der Waals surface area contributed by atoms with Gasteiger partial charge in [-0.1, -0.05) is 45.0 Å². The van der Waals surface area contributed by atoms with Gasteiger partial charge in [0.05, 0.1) is 6.61 Å². The van der Waals surface area contributed by atoms with E-state index in [1.165, 1.54) is 11.1 Å². The van der Waals surface area contributed by atoms with Gasteiger partial charge in [0.2, 0.25) is 0 Å². The fourth-order valence-corrected chi connectivity index (χ4v) is 1.85. The molecular weight excluding hydrogens is 198 g/mol. The third-order valence-corrected chi connectivity index (χ3v) is 3.10. The summed E-state index contributed by atoms with van der Waals surface area (Å²) in [4.78, 5) is 0. The Balaban J connectivity index is 2.98. The quantitative estimate of drug-likeness (QED) is 0.829. The van der Waals surface area contributed by atoms with Crippen LogP contribution in [0.3, 0.4) is 0 Å². The first-order valence-electron chi connectivity index (χ1n) is 5.80. The molecule has 0 radical (unpaired) electrons. The summed E-state index contributed by atoms with van der Waals surface area (Å²) in [5, 5.41) is 0. The zero-order valence-electron chi connectivity index (χ0n) is 10.8. The summed E-state index contributed by atoms with van der Waals surface area (Å²) in [6.07, 6.45) is 0. The molecule has 1 unspecified atom stereocenters. The highest BCUT2D eigenvalue weighted by Crippen LogP contribution is 2.26. The molecule has 2 N–H and O–H groups in total. The van der Waals surface area contributed by atoms with Crippen molar-refractivity contribution in [3.63, 3.8) is 0 Å². The van der Waals surface area contributed by atoms with Gasteiger partial charge in [-0.05, 0) is 23.6 Å². The molecule has 0 aliphatic rings. The van der Waals surface area contributed by atoms with Crippen LogP contribution >= 0.6 is 0 Å². The van der Waals surface area contributed by atoms with Crippen LogP contribution in [0.25, 0.3) is 0 Å². The van der Waals surface area contributed by atoms with E-state index in [-0.39, 0.29) is 5.41 Å². The molecule has 0 aromatic heterocycles. The molecule has 0 aliphatic carbocycles. The number of ether oxygens (including phenoxy) is 1. The SMILES string of the molecule is COCC(C)(C)c1cccc(C(C)CN)c1. The smallest absolute Gasteiger partial charge is 0.0553 e. The number of hydrogen-bond donors (Lipinski definition) is 1. The third kappa shape index (κ3) is 3.06. The van der Waals surface area contributed by atoms with E-state index in [0.29, 0.717) is 12.5 Å². The van der Waals surface area contributed by atoms with Crippen molar-refractivity contribution in [3.8, 4) is 0 Å². The molecule has 2 nitrogen and oxygen atoms in total. The van der Waals surface area contributed by atoms with Gasteiger partial charge in [-0.25, -0.2) is 0 Å². The molecule has 16 heavy (non-hydrogen) atoms. The van der Waals surface area contributed by atoms with Gasteiger partial charge in [-0.3, -0.25) is 0 Å². The highest BCUT2D eigenvalue weighted by molar-refractivity contribution is 5.31. The molecular formula is C14H23NO. The summed E-state index contributed by atoms with van der Waals surface area (Å²) >= 11 is 0. The fourth-order valence-electron chi connectivity index (χ4n) is 1.85. The maximum absolute atomic E-state index is 5.70. The lowest BCUT2D eigenvalue weighted by Gasteiger charge is -2.25. The van der Waals surface area contributed by atoms with Crippen molar-refractivity contribution in [1.82, 2.24) is 0 Å². The van der Waals surface area contributed by atoms with E-state index >= 15 is 0 Å². The molecule has 0 spiro atoms. The van der Waals surface area contributed by atoms with E-state index in [1.807, 2.05) is 0 Å². The molecule has 1 aromatic rings. The third-order valence-electron chi connectivity index (χ3n) is 3.10. The number of nitrogens with two attached hydrogens (primary N) is 1. The van der Waals surface area contributed by atoms with Gasteiger partial charge in [0.25, 0.3) is 0 Å². The lowest BCUT2D eigenvalue weighted by Crippen LogP contribution is -2.24. The van der Waals surface area contributed by atoms with Crippen LogP contribution in [0.5, 0.6) is 0 Å². The summed E-state index contributed by atoms with van der Waals surface area (Å²) in [6, 6.07) is 8.65. The minimum absolute atomic E-state index is 0.0546. The summed E-state index contributed by atoms with van der Waals surface area (Å²) in [7, 11) is 1.74. The number of methoxy groups -OCH3 is 1. The molecule has 2 heteroatoms. The van der Waals surface area contributed by atoms with E-state index in [0.717, 1.165) is 6.61 Å². The van der Waals surface area contributed by atoms with Crippen molar-refractivity contribution < 1.29 is 4.74 Å². The number of hydrogen-bond acceptors (Lipinski definition) is 2. The largest absolute Gasteiger partial charge is 0.384 e. The zero-order chi connectivity index (χ0) is 12.2. The first kappa shape index (κ1) is 13.2. The number of rotatable bonds is 5. The molecule has 1 atom stereocenters. The lowest BCUT2D eigenvalue weighted by atomic mass is 9.83. The molecule has 0 amide bonds. The second kappa shape index (κ2) is 5.46. The van der Waals surface area contributed by atoms with Crippen LogP contribution in [0.15, 0.2) is 24.3 Å². The first-order chi connectivity index (χ1) is 7.51. The van der Waals surface area contributed by atoms with E-state index in [1.54, 1.807) is 7.11 Å². The maximum Gasteiger partial charge on any atom is 0.0553 e. The van der Waals surface area contributed by atoms with E-state index < -0.39 is 0 Å². The van der Waals surface area contributed by atoms with Gasteiger partial charge >= 0.3 is 0 Å². The Bertz CT molecular complexity index is 333. The molecule has 1 aromatic carbocycles. The minimum atomic E-state index is 0.0546. The summed E-state index contributed by atoms with van der Waals surface area (Å²) in [6.45, 7) is 7.97. The first-order valence-corrected chi connectivity index (χ1v) is 5.80. The predicted molar refractivity (Wildman–Crippen MR) is 68.8 cm³/mol. The topological polar surface area (TPSA) is 35.2 Å². The molecule has 1 rings (SSSR count). The Labute approximate surface area is 98.8 Å². The van der Waals surface area contributed by atoms with E-state index in [2.05, 4.69) is 45.0 Å². The monoisotopic (exact) mass is 221 g/mol. The standard InChI is InChI=1S/C14H23NO/c1-11(9-15)12-6-5-7-13(8-12)14(2,3)10-16-4/h5-8,11H,9-10,15H2,1-4H3. The van der Waals surface area contributed by atoms with E-state index in [9.17, 15) is 0 Å². The summed E-state index contributed by atoms with van der Waals surface area (Å²) in [5.74, 6) is 0.415. The van der Waals surface area contributed by atoms with Crippen LogP contribution < -0.4 is 5.73 Å². The van der Waals surface area contributed by atoms with E-state index in [4.69, 9.17) is 10.5 Å².